The van der Waals surface area contributed by atoms with Gasteiger partial charge in [0.1, 0.15) is 17.7 Å². The molecule has 0 radical (unpaired) electrons. The van der Waals surface area contributed by atoms with Crippen LogP contribution in [0.1, 0.15) is 51.4 Å². The molecule has 2 rings (SSSR count). The molecular formula is C15H25N3O. The molecule has 4 nitrogen and oxygen atoms in total. The Bertz CT molecular complexity index is 437. The first kappa shape index (κ1) is 14.1. The standard InChI is InChI=1S/C15H25N3O/c1-5-13-17-14(16)11(4)15(18-13)19-12-7-9(2)6-10(3)8-12/h9-10,12H,5-8H2,1-4H3,(H2,16,17,18). The highest BCUT2D eigenvalue weighted by molar-refractivity contribution is 5.44. The van der Waals surface area contributed by atoms with E-state index in [2.05, 4.69) is 23.8 Å². The lowest BCUT2D eigenvalue weighted by Crippen LogP contribution is -2.29. The zero-order valence-corrected chi connectivity index (χ0v) is 12.4. The molecule has 1 aromatic rings. The molecule has 1 fully saturated rings. The number of hydrogen-bond acceptors (Lipinski definition) is 4. The van der Waals surface area contributed by atoms with Gasteiger partial charge in [-0.05, 0) is 38.0 Å². The molecule has 0 aliphatic heterocycles. The van der Waals surface area contributed by atoms with E-state index in [1.54, 1.807) is 0 Å². The van der Waals surface area contributed by atoms with E-state index in [0.29, 0.717) is 11.7 Å². The Morgan fingerprint density at radius 3 is 2.37 bits per heavy atom. The van der Waals surface area contributed by atoms with Crippen LogP contribution < -0.4 is 10.5 Å². The van der Waals surface area contributed by atoms with Crippen molar-refractivity contribution in [1.82, 2.24) is 9.97 Å². The second-order valence-electron chi connectivity index (χ2n) is 5.97. The molecule has 2 unspecified atom stereocenters. The molecule has 19 heavy (non-hydrogen) atoms. The zero-order chi connectivity index (χ0) is 14.0. The number of aromatic nitrogens is 2. The van der Waals surface area contributed by atoms with Gasteiger partial charge < -0.3 is 10.5 Å². The van der Waals surface area contributed by atoms with Gasteiger partial charge >= 0.3 is 0 Å². The average molecular weight is 263 g/mol. The minimum atomic E-state index is 0.261. The fraction of sp³-hybridized carbons (Fsp3) is 0.733. The van der Waals surface area contributed by atoms with Crippen molar-refractivity contribution in [2.45, 2.75) is 59.5 Å². The summed E-state index contributed by atoms with van der Waals surface area (Å²) in [5.41, 5.74) is 6.79. The molecule has 1 aromatic heterocycles. The first-order valence-corrected chi connectivity index (χ1v) is 7.29. The summed E-state index contributed by atoms with van der Waals surface area (Å²) in [5.74, 6) is 3.42. The SMILES string of the molecule is CCc1nc(N)c(C)c(OC2CC(C)CC(C)C2)n1. The van der Waals surface area contributed by atoms with Crippen molar-refractivity contribution in [2.75, 3.05) is 5.73 Å². The smallest absolute Gasteiger partial charge is 0.222 e. The molecule has 0 bridgehead atoms. The van der Waals surface area contributed by atoms with Crippen LogP contribution in [0.2, 0.25) is 0 Å². The average Bonchev–Trinajstić information content (AvgIpc) is 2.33. The molecule has 1 saturated carbocycles. The maximum Gasteiger partial charge on any atom is 0.222 e. The fourth-order valence-corrected chi connectivity index (χ4v) is 2.96. The molecule has 1 aliphatic rings. The first-order valence-electron chi connectivity index (χ1n) is 7.29. The number of nitrogens with two attached hydrogens (primary N) is 1. The summed E-state index contributed by atoms with van der Waals surface area (Å²) in [7, 11) is 0. The van der Waals surface area contributed by atoms with Gasteiger partial charge in [-0.3, -0.25) is 0 Å². The summed E-state index contributed by atoms with van der Waals surface area (Å²) in [4.78, 5) is 8.74. The maximum absolute atomic E-state index is 6.12. The molecule has 0 saturated heterocycles. The van der Waals surface area contributed by atoms with Crippen molar-refractivity contribution in [3.05, 3.63) is 11.4 Å². The van der Waals surface area contributed by atoms with Gasteiger partial charge in [0.05, 0.1) is 5.56 Å². The molecule has 106 valence electrons. The van der Waals surface area contributed by atoms with Crippen LogP contribution in [-0.2, 0) is 6.42 Å². The van der Waals surface area contributed by atoms with Crippen molar-refractivity contribution >= 4 is 5.82 Å². The summed E-state index contributed by atoms with van der Waals surface area (Å²) in [5, 5.41) is 0. The van der Waals surface area contributed by atoms with E-state index < -0.39 is 0 Å². The summed E-state index contributed by atoms with van der Waals surface area (Å²) >= 11 is 0. The fourth-order valence-electron chi connectivity index (χ4n) is 2.96. The third-order valence-corrected chi connectivity index (χ3v) is 3.91. The van der Waals surface area contributed by atoms with E-state index in [4.69, 9.17) is 10.5 Å². The monoisotopic (exact) mass is 263 g/mol. The molecule has 1 heterocycles. The summed E-state index contributed by atoms with van der Waals surface area (Å²) in [6.45, 7) is 8.55. The highest BCUT2D eigenvalue weighted by atomic mass is 16.5. The van der Waals surface area contributed by atoms with Crippen molar-refractivity contribution < 1.29 is 4.74 Å². The van der Waals surface area contributed by atoms with Gasteiger partial charge in [0.15, 0.2) is 0 Å². The number of aryl methyl sites for hydroxylation is 1. The second-order valence-corrected chi connectivity index (χ2v) is 5.97. The van der Waals surface area contributed by atoms with Gasteiger partial charge in [-0.25, -0.2) is 4.98 Å². The molecule has 2 atom stereocenters. The first-order chi connectivity index (χ1) is 8.99. The Morgan fingerprint density at radius 1 is 1.16 bits per heavy atom. The van der Waals surface area contributed by atoms with Crippen LogP contribution in [-0.4, -0.2) is 16.1 Å². The topological polar surface area (TPSA) is 61.0 Å². The quantitative estimate of drug-likeness (QED) is 0.910. The summed E-state index contributed by atoms with van der Waals surface area (Å²) in [6, 6.07) is 0. The Morgan fingerprint density at radius 2 is 1.79 bits per heavy atom. The predicted molar refractivity (Wildman–Crippen MR) is 77.2 cm³/mol. The molecule has 0 aromatic carbocycles. The molecule has 4 heteroatoms. The highest BCUT2D eigenvalue weighted by Crippen LogP contribution is 2.32. The third-order valence-electron chi connectivity index (χ3n) is 3.91. The molecular weight excluding hydrogens is 238 g/mol. The lowest BCUT2D eigenvalue weighted by molar-refractivity contribution is 0.0957. The number of hydrogen-bond donors (Lipinski definition) is 1. The van der Waals surface area contributed by atoms with E-state index in [9.17, 15) is 0 Å². The van der Waals surface area contributed by atoms with Crippen LogP contribution >= 0.6 is 0 Å². The zero-order valence-electron chi connectivity index (χ0n) is 12.4. The number of rotatable bonds is 3. The van der Waals surface area contributed by atoms with E-state index in [1.807, 2.05) is 13.8 Å². The third kappa shape index (κ3) is 3.37. The van der Waals surface area contributed by atoms with E-state index in [0.717, 1.165) is 42.5 Å². The van der Waals surface area contributed by atoms with Gasteiger partial charge in [0, 0.05) is 6.42 Å². The van der Waals surface area contributed by atoms with Gasteiger partial charge in [0.2, 0.25) is 5.88 Å². The van der Waals surface area contributed by atoms with Crippen LogP contribution in [0, 0.1) is 18.8 Å². The summed E-state index contributed by atoms with van der Waals surface area (Å²) in [6.07, 6.45) is 4.55. The Hall–Kier alpha value is -1.32. The maximum atomic E-state index is 6.12. The highest BCUT2D eigenvalue weighted by Gasteiger charge is 2.26. The Balaban J connectivity index is 2.16. The largest absolute Gasteiger partial charge is 0.474 e. The van der Waals surface area contributed by atoms with Gasteiger partial charge in [-0.1, -0.05) is 20.8 Å². The van der Waals surface area contributed by atoms with E-state index >= 15 is 0 Å². The lowest BCUT2D eigenvalue weighted by Gasteiger charge is -2.31. The van der Waals surface area contributed by atoms with Crippen LogP contribution in [0.3, 0.4) is 0 Å². The van der Waals surface area contributed by atoms with E-state index in [-0.39, 0.29) is 6.10 Å². The molecule has 0 amide bonds. The molecule has 2 N–H and O–H groups in total. The van der Waals surface area contributed by atoms with Gasteiger partial charge in [0.25, 0.3) is 0 Å². The predicted octanol–water partition coefficient (Wildman–Crippen LogP) is 3.13. The number of anilines is 1. The molecule has 0 spiro atoms. The Kier molecular flexibility index (Phi) is 4.27. The van der Waals surface area contributed by atoms with Crippen molar-refractivity contribution in [1.29, 1.82) is 0 Å². The Labute approximate surface area is 115 Å². The normalized spacial score (nSPS) is 27.3. The lowest BCUT2D eigenvalue weighted by atomic mass is 9.82. The van der Waals surface area contributed by atoms with Crippen molar-refractivity contribution in [3.8, 4) is 5.88 Å². The second kappa shape index (κ2) is 5.76. The van der Waals surface area contributed by atoms with Crippen LogP contribution in [0.4, 0.5) is 5.82 Å². The van der Waals surface area contributed by atoms with Crippen molar-refractivity contribution in [3.63, 3.8) is 0 Å². The minimum absolute atomic E-state index is 0.261. The van der Waals surface area contributed by atoms with Crippen LogP contribution in [0.25, 0.3) is 0 Å². The van der Waals surface area contributed by atoms with Crippen molar-refractivity contribution in [2.24, 2.45) is 11.8 Å². The number of ether oxygens (including phenoxy) is 1. The van der Waals surface area contributed by atoms with Crippen LogP contribution in [0.5, 0.6) is 5.88 Å². The number of nitrogen functional groups attached to an aromatic ring is 1. The van der Waals surface area contributed by atoms with Gasteiger partial charge in [-0.15, -0.1) is 0 Å². The van der Waals surface area contributed by atoms with Gasteiger partial charge in [-0.2, -0.15) is 4.98 Å². The summed E-state index contributed by atoms with van der Waals surface area (Å²) < 4.78 is 6.12. The number of nitrogens with zero attached hydrogens (tertiary/aromatic N) is 2. The molecule has 1 aliphatic carbocycles. The minimum Gasteiger partial charge on any atom is -0.474 e. The van der Waals surface area contributed by atoms with E-state index in [1.165, 1.54) is 6.42 Å². The van der Waals surface area contributed by atoms with Crippen LogP contribution in [0.15, 0.2) is 0 Å².